The number of ether oxygens (including phenoxy) is 1. The molecule has 0 aromatic heterocycles. The minimum atomic E-state index is -6.00. The molecule has 0 aliphatic rings. The number of hydrogen-bond donors (Lipinski definition) is 1. The van der Waals surface area contributed by atoms with E-state index < -0.39 is 44.5 Å². The molecule has 0 atom stereocenters. The van der Waals surface area contributed by atoms with Crippen molar-refractivity contribution in [3.05, 3.63) is 29.3 Å². The number of halogens is 6. The van der Waals surface area contributed by atoms with Crippen LogP contribution >= 0.6 is 0 Å². The number of benzene rings is 1. The van der Waals surface area contributed by atoms with Gasteiger partial charge in [-0.1, -0.05) is 0 Å². The Hall–Kier alpha value is -1.98. The largest absolute Gasteiger partial charge is 0.516 e. The van der Waals surface area contributed by atoms with Crippen LogP contribution in [0.15, 0.2) is 18.2 Å². The molecular formula is C10H7F6NO4S. The second kappa shape index (κ2) is 5.66. The summed E-state index contributed by atoms with van der Waals surface area (Å²) in [5.74, 6) is -1.31. The molecule has 0 unspecified atom stereocenters. The summed E-state index contributed by atoms with van der Waals surface area (Å²) in [6.07, 6.45) is -4.95. The first kappa shape index (κ1) is 18.1. The Morgan fingerprint density at radius 2 is 1.68 bits per heavy atom. The van der Waals surface area contributed by atoms with Crippen LogP contribution in [-0.2, 0) is 20.9 Å². The average Bonchev–Trinajstić information content (AvgIpc) is 2.34. The molecule has 0 amide bonds. The quantitative estimate of drug-likeness (QED) is 0.671. The number of carbonyl (C=O) groups is 1. The van der Waals surface area contributed by atoms with Crippen LogP contribution in [0.2, 0.25) is 0 Å². The number of anilines is 1. The molecule has 22 heavy (non-hydrogen) atoms. The minimum absolute atomic E-state index is 0.0650. The van der Waals surface area contributed by atoms with Crippen molar-refractivity contribution in [3.63, 3.8) is 0 Å². The number of carbonyl (C=O) groups excluding carboxylic acids is 1. The zero-order valence-corrected chi connectivity index (χ0v) is 11.4. The normalized spacial score (nSPS) is 12.9. The number of sulfonamides is 1. The number of methoxy groups -OCH3 is 1. The highest BCUT2D eigenvalue weighted by molar-refractivity contribution is 7.93. The summed E-state index contributed by atoms with van der Waals surface area (Å²) >= 11 is 0. The van der Waals surface area contributed by atoms with Crippen LogP contribution in [0, 0.1) is 0 Å². The first-order valence-corrected chi connectivity index (χ1v) is 6.66. The summed E-state index contributed by atoms with van der Waals surface area (Å²) in [6.45, 7) is 0. The van der Waals surface area contributed by atoms with Crippen molar-refractivity contribution in [2.75, 3.05) is 11.8 Å². The lowest BCUT2D eigenvalue weighted by molar-refractivity contribution is -0.137. The zero-order chi connectivity index (χ0) is 17.3. The second-order valence-electron chi connectivity index (χ2n) is 3.80. The Morgan fingerprint density at radius 1 is 1.14 bits per heavy atom. The number of esters is 1. The molecule has 0 spiro atoms. The third kappa shape index (κ3) is 3.81. The first-order chi connectivity index (χ1) is 9.79. The molecule has 124 valence electrons. The van der Waals surface area contributed by atoms with E-state index in [1.807, 2.05) is 0 Å². The Kier molecular flexibility index (Phi) is 4.65. The van der Waals surface area contributed by atoms with E-state index in [0.717, 1.165) is 11.8 Å². The monoisotopic (exact) mass is 351 g/mol. The van der Waals surface area contributed by atoms with Gasteiger partial charge in [0.1, 0.15) is 0 Å². The van der Waals surface area contributed by atoms with Gasteiger partial charge in [-0.05, 0) is 18.2 Å². The Morgan fingerprint density at radius 3 is 2.09 bits per heavy atom. The Balaban J connectivity index is 3.45. The third-order valence-electron chi connectivity index (χ3n) is 2.30. The van der Waals surface area contributed by atoms with E-state index in [9.17, 15) is 39.6 Å². The van der Waals surface area contributed by atoms with Gasteiger partial charge in [-0.2, -0.15) is 34.8 Å². The average molecular weight is 351 g/mol. The highest BCUT2D eigenvalue weighted by Gasteiger charge is 2.46. The van der Waals surface area contributed by atoms with Crippen LogP contribution in [0.3, 0.4) is 0 Å². The molecule has 0 saturated carbocycles. The molecule has 5 nitrogen and oxygen atoms in total. The van der Waals surface area contributed by atoms with Gasteiger partial charge in [0.05, 0.1) is 23.9 Å². The Labute approximate surface area is 119 Å². The maximum atomic E-state index is 12.5. The van der Waals surface area contributed by atoms with Gasteiger partial charge in [0.15, 0.2) is 0 Å². The van der Waals surface area contributed by atoms with E-state index in [-0.39, 0.29) is 6.07 Å². The fourth-order valence-electron chi connectivity index (χ4n) is 1.30. The van der Waals surface area contributed by atoms with Gasteiger partial charge in [0.2, 0.25) is 0 Å². The van der Waals surface area contributed by atoms with Crippen LogP contribution < -0.4 is 4.72 Å². The zero-order valence-electron chi connectivity index (χ0n) is 10.5. The molecule has 0 saturated heterocycles. The van der Waals surface area contributed by atoms with Crippen LogP contribution in [0.1, 0.15) is 15.9 Å². The summed E-state index contributed by atoms with van der Waals surface area (Å²) in [5, 5.41) is 0. The lowest BCUT2D eigenvalue weighted by atomic mass is 10.1. The minimum Gasteiger partial charge on any atom is -0.465 e. The van der Waals surface area contributed by atoms with Gasteiger partial charge in [-0.3, -0.25) is 4.72 Å². The van der Waals surface area contributed by atoms with Crippen molar-refractivity contribution < 1.29 is 44.3 Å². The van der Waals surface area contributed by atoms with E-state index in [1.165, 1.54) is 0 Å². The van der Waals surface area contributed by atoms with Crippen molar-refractivity contribution in [2.24, 2.45) is 0 Å². The van der Waals surface area contributed by atoms with Gasteiger partial charge in [-0.25, -0.2) is 4.79 Å². The lowest BCUT2D eigenvalue weighted by Crippen LogP contribution is -2.30. The van der Waals surface area contributed by atoms with Gasteiger partial charge in [0, 0.05) is 0 Å². The predicted octanol–water partition coefficient (Wildman–Crippen LogP) is 2.75. The summed E-state index contributed by atoms with van der Waals surface area (Å²) in [7, 11) is -5.18. The highest BCUT2D eigenvalue weighted by atomic mass is 32.2. The number of nitrogens with one attached hydrogen (secondary N) is 1. The fourth-order valence-corrected chi connectivity index (χ4v) is 1.87. The van der Waals surface area contributed by atoms with E-state index in [0.29, 0.717) is 12.1 Å². The number of alkyl halides is 6. The molecule has 12 heteroatoms. The van der Waals surface area contributed by atoms with Crippen molar-refractivity contribution in [3.8, 4) is 0 Å². The van der Waals surface area contributed by atoms with E-state index in [1.54, 1.807) is 0 Å². The first-order valence-electron chi connectivity index (χ1n) is 5.18. The SMILES string of the molecule is COC(=O)c1ccc(C(F)(F)F)cc1NS(=O)(=O)C(F)(F)F. The molecule has 1 rings (SSSR count). The van der Waals surface area contributed by atoms with Crippen LogP contribution in [0.4, 0.5) is 32.0 Å². The van der Waals surface area contributed by atoms with Crippen molar-refractivity contribution in [2.45, 2.75) is 11.7 Å². The fraction of sp³-hybridized carbons (Fsp3) is 0.300. The van der Waals surface area contributed by atoms with Gasteiger partial charge >= 0.3 is 27.7 Å². The topological polar surface area (TPSA) is 72.5 Å². The molecule has 1 aromatic carbocycles. The third-order valence-corrected chi connectivity index (χ3v) is 3.40. The maximum Gasteiger partial charge on any atom is 0.516 e. The Bertz CT molecular complexity index is 680. The molecule has 0 heterocycles. The lowest BCUT2D eigenvalue weighted by Gasteiger charge is -2.15. The summed E-state index contributed by atoms with van der Waals surface area (Å²) in [5.41, 5.74) is -9.21. The maximum absolute atomic E-state index is 12.5. The van der Waals surface area contributed by atoms with Crippen LogP contribution in [0.25, 0.3) is 0 Å². The van der Waals surface area contributed by atoms with Crippen molar-refractivity contribution in [1.29, 1.82) is 0 Å². The second-order valence-corrected chi connectivity index (χ2v) is 5.47. The number of hydrogen-bond acceptors (Lipinski definition) is 4. The number of rotatable bonds is 3. The van der Waals surface area contributed by atoms with Crippen LogP contribution in [-0.4, -0.2) is 27.0 Å². The standard InChI is InChI=1S/C10H7F6NO4S/c1-21-8(18)6-3-2-5(9(11,12)13)4-7(6)17-22(19,20)10(14,15)16/h2-4,17H,1H3. The molecule has 1 N–H and O–H groups in total. The van der Waals surface area contributed by atoms with Crippen molar-refractivity contribution in [1.82, 2.24) is 0 Å². The molecule has 0 aliphatic carbocycles. The summed E-state index contributed by atoms with van der Waals surface area (Å²) in [6, 6.07) is 0.968. The van der Waals surface area contributed by atoms with E-state index in [2.05, 4.69) is 4.74 Å². The molecular weight excluding hydrogens is 344 g/mol. The molecule has 0 fully saturated rings. The van der Waals surface area contributed by atoms with Gasteiger partial charge in [0.25, 0.3) is 0 Å². The predicted molar refractivity (Wildman–Crippen MR) is 61.4 cm³/mol. The smallest absolute Gasteiger partial charge is 0.465 e. The van der Waals surface area contributed by atoms with Crippen LogP contribution in [0.5, 0.6) is 0 Å². The van der Waals surface area contributed by atoms with Gasteiger partial charge < -0.3 is 4.74 Å². The highest BCUT2D eigenvalue weighted by Crippen LogP contribution is 2.34. The van der Waals surface area contributed by atoms with E-state index >= 15 is 0 Å². The molecule has 0 bridgehead atoms. The van der Waals surface area contributed by atoms with E-state index in [4.69, 9.17) is 0 Å². The molecule has 0 aliphatic heterocycles. The van der Waals surface area contributed by atoms with Crippen molar-refractivity contribution >= 4 is 21.7 Å². The molecule has 0 radical (unpaired) electrons. The van der Waals surface area contributed by atoms with Gasteiger partial charge in [-0.15, -0.1) is 0 Å². The summed E-state index contributed by atoms with van der Waals surface area (Å²) < 4.78 is 101. The molecule has 1 aromatic rings. The summed E-state index contributed by atoms with van der Waals surface area (Å²) in [4.78, 5) is 11.3.